The number of nitrogens with zero attached hydrogens (tertiary/aromatic N) is 2. The van der Waals surface area contributed by atoms with E-state index in [1.807, 2.05) is 4.90 Å². The Balaban J connectivity index is 1.40. The maximum Gasteiger partial charge on any atom is 0.228 e. The SMILES string of the molecule is O=C([C@@H]1COC[C@@H]2CN(CC3CC3)C[C@@H]21)N1CCOCC1. The molecule has 118 valence electrons. The number of amides is 1. The van der Waals surface area contributed by atoms with Gasteiger partial charge in [-0.2, -0.15) is 0 Å². The normalized spacial score (nSPS) is 37.5. The van der Waals surface area contributed by atoms with Gasteiger partial charge in [-0.1, -0.05) is 0 Å². The Labute approximate surface area is 126 Å². The van der Waals surface area contributed by atoms with Crippen LogP contribution in [-0.4, -0.2) is 74.9 Å². The van der Waals surface area contributed by atoms with E-state index in [0.29, 0.717) is 37.6 Å². The lowest BCUT2D eigenvalue weighted by Gasteiger charge is -2.36. The highest BCUT2D eigenvalue weighted by atomic mass is 16.5. The Morgan fingerprint density at radius 1 is 1.05 bits per heavy atom. The lowest BCUT2D eigenvalue weighted by Crippen LogP contribution is -2.49. The molecular formula is C16H26N2O3. The van der Waals surface area contributed by atoms with Gasteiger partial charge >= 0.3 is 0 Å². The van der Waals surface area contributed by atoms with Crippen LogP contribution >= 0.6 is 0 Å². The number of fused-ring (bicyclic) bond motifs is 1. The number of morpholine rings is 1. The molecule has 1 aliphatic carbocycles. The van der Waals surface area contributed by atoms with Gasteiger partial charge in [-0.05, 0) is 30.6 Å². The second-order valence-electron chi connectivity index (χ2n) is 7.17. The third-order valence-electron chi connectivity index (χ3n) is 5.57. The molecule has 3 aliphatic heterocycles. The average molecular weight is 294 g/mol. The van der Waals surface area contributed by atoms with Crippen LogP contribution in [0, 0.1) is 23.7 Å². The summed E-state index contributed by atoms with van der Waals surface area (Å²) >= 11 is 0. The van der Waals surface area contributed by atoms with E-state index in [9.17, 15) is 4.79 Å². The fraction of sp³-hybridized carbons (Fsp3) is 0.938. The number of carbonyl (C=O) groups is 1. The number of hydrogen-bond donors (Lipinski definition) is 0. The Morgan fingerprint density at radius 3 is 2.62 bits per heavy atom. The van der Waals surface area contributed by atoms with E-state index < -0.39 is 0 Å². The van der Waals surface area contributed by atoms with E-state index in [-0.39, 0.29) is 5.92 Å². The fourth-order valence-corrected chi connectivity index (χ4v) is 4.18. The summed E-state index contributed by atoms with van der Waals surface area (Å²) in [6.07, 6.45) is 2.80. The molecule has 4 rings (SSSR count). The zero-order chi connectivity index (χ0) is 14.2. The maximum atomic E-state index is 12.8. The molecule has 1 saturated carbocycles. The molecule has 0 aromatic carbocycles. The van der Waals surface area contributed by atoms with E-state index in [1.165, 1.54) is 19.4 Å². The zero-order valence-corrected chi connectivity index (χ0v) is 12.7. The third-order valence-corrected chi connectivity index (χ3v) is 5.57. The molecule has 3 heterocycles. The van der Waals surface area contributed by atoms with Crippen LogP contribution < -0.4 is 0 Å². The van der Waals surface area contributed by atoms with Crippen molar-refractivity contribution in [2.75, 3.05) is 59.2 Å². The summed E-state index contributed by atoms with van der Waals surface area (Å²) in [5.41, 5.74) is 0. The summed E-state index contributed by atoms with van der Waals surface area (Å²) in [5.74, 6) is 2.38. The van der Waals surface area contributed by atoms with Crippen molar-refractivity contribution >= 4 is 5.91 Å². The number of likely N-dealkylation sites (tertiary alicyclic amines) is 1. The van der Waals surface area contributed by atoms with Crippen LogP contribution in [0.25, 0.3) is 0 Å². The number of ether oxygens (including phenoxy) is 2. The van der Waals surface area contributed by atoms with Gasteiger partial charge in [0, 0.05) is 32.7 Å². The predicted molar refractivity (Wildman–Crippen MR) is 77.9 cm³/mol. The lowest BCUT2D eigenvalue weighted by molar-refractivity contribution is -0.148. The highest BCUT2D eigenvalue weighted by Gasteiger charge is 2.45. The molecular weight excluding hydrogens is 268 g/mol. The minimum atomic E-state index is 0.0750. The van der Waals surface area contributed by atoms with Crippen LogP contribution in [-0.2, 0) is 14.3 Å². The van der Waals surface area contributed by atoms with E-state index in [1.54, 1.807) is 0 Å². The van der Waals surface area contributed by atoms with Crippen molar-refractivity contribution in [2.24, 2.45) is 23.7 Å². The molecule has 0 unspecified atom stereocenters. The van der Waals surface area contributed by atoms with Crippen LogP contribution in [0.15, 0.2) is 0 Å². The first-order valence-corrected chi connectivity index (χ1v) is 8.48. The Bertz CT molecular complexity index is 393. The predicted octanol–water partition coefficient (Wildman–Crippen LogP) is 0.450. The van der Waals surface area contributed by atoms with Gasteiger partial charge in [-0.15, -0.1) is 0 Å². The highest BCUT2D eigenvalue weighted by molar-refractivity contribution is 5.79. The summed E-state index contributed by atoms with van der Waals surface area (Å²) in [5, 5.41) is 0. The smallest absolute Gasteiger partial charge is 0.228 e. The van der Waals surface area contributed by atoms with Crippen molar-refractivity contribution in [1.29, 1.82) is 0 Å². The van der Waals surface area contributed by atoms with Gasteiger partial charge in [0.1, 0.15) is 0 Å². The standard InChI is InChI=1S/C16H26N2O3/c19-16(18-3-5-20-6-4-18)15-11-21-10-13-8-17(9-14(13)15)7-12-1-2-12/h12-15H,1-11H2/t13-,14-,15+/m0/s1. The summed E-state index contributed by atoms with van der Waals surface area (Å²) in [6, 6.07) is 0. The Morgan fingerprint density at radius 2 is 1.86 bits per heavy atom. The van der Waals surface area contributed by atoms with Crippen LogP contribution in [0.1, 0.15) is 12.8 Å². The quantitative estimate of drug-likeness (QED) is 0.758. The fourth-order valence-electron chi connectivity index (χ4n) is 4.18. The molecule has 0 radical (unpaired) electrons. The zero-order valence-electron chi connectivity index (χ0n) is 12.7. The Kier molecular flexibility index (Phi) is 3.90. The van der Waals surface area contributed by atoms with Gasteiger partial charge in [0.25, 0.3) is 0 Å². The third kappa shape index (κ3) is 2.96. The molecule has 4 aliphatic rings. The van der Waals surface area contributed by atoms with Gasteiger partial charge in [0.05, 0.1) is 32.3 Å². The average Bonchev–Trinajstić information content (AvgIpc) is 3.23. The molecule has 0 N–H and O–H groups in total. The van der Waals surface area contributed by atoms with E-state index >= 15 is 0 Å². The van der Waals surface area contributed by atoms with Crippen molar-refractivity contribution in [1.82, 2.24) is 9.80 Å². The van der Waals surface area contributed by atoms with Gasteiger partial charge in [-0.3, -0.25) is 4.79 Å². The first-order valence-electron chi connectivity index (χ1n) is 8.48. The molecule has 0 aromatic heterocycles. The van der Waals surface area contributed by atoms with Crippen molar-refractivity contribution in [3.8, 4) is 0 Å². The molecule has 5 nitrogen and oxygen atoms in total. The number of hydrogen-bond acceptors (Lipinski definition) is 4. The van der Waals surface area contributed by atoms with Gasteiger partial charge in [0.2, 0.25) is 5.91 Å². The van der Waals surface area contributed by atoms with Crippen LogP contribution in [0.3, 0.4) is 0 Å². The molecule has 3 saturated heterocycles. The monoisotopic (exact) mass is 294 g/mol. The maximum absolute atomic E-state index is 12.8. The van der Waals surface area contributed by atoms with E-state index in [2.05, 4.69) is 4.90 Å². The number of carbonyl (C=O) groups excluding carboxylic acids is 1. The van der Waals surface area contributed by atoms with Crippen LogP contribution in [0.4, 0.5) is 0 Å². The first kappa shape index (κ1) is 14.0. The highest BCUT2D eigenvalue weighted by Crippen LogP contribution is 2.38. The second kappa shape index (κ2) is 5.86. The number of rotatable bonds is 3. The molecule has 0 bridgehead atoms. The lowest BCUT2D eigenvalue weighted by atomic mass is 9.82. The molecule has 0 aromatic rings. The van der Waals surface area contributed by atoms with Crippen LogP contribution in [0.5, 0.6) is 0 Å². The van der Waals surface area contributed by atoms with Crippen molar-refractivity contribution < 1.29 is 14.3 Å². The summed E-state index contributed by atoms with van der Waals surface area (Å²) in [4.78, 5) is 17.4. The molecule has 4 fully saturated rings. The summed E-state index contributed by atoms with van der Waals surface area (Å²) in [7, 11) is 0. The topological polar surface area (TPSA) is 42.0 Å². The van der Waals surface area contributed by atoms with Crippen molar-refractivity contribution in [3.63, 3.8) is 0 Å². The van der Waals surface area contributed by atoms with E-state index in [0.717, 1.165) is 38.7 Å². The second-order valence-corrected chi connectivity index (χ2v) is 7.17. The van der Waals surface area contributed by atoms with Crippen molar-refractivity contribution in [3.05, 3.63) is 0 Å². The van der Waals surface area contributed by atoms with Crippen LogP contribution in [0.2, 0.25) is 0 Å². The summed E-state index contributed by atoms with van der Waals surface area (Å²) in [6.45, 7) is 7.80. The molecule has 21 heavy (non-hydrogen) atoms. The summed E-state index contributed by atoms with van der Waals surface area (Å²) < 4.78 is 11.1. The molecule has 1 amide bonds. The minimum absolute atomic E-state index is 0.0750. The largest absolute Gasteiger partial charge is 0.380 e. The van der Waals surface area contributed by atoms with Gasteiger partial charge in [0.15, 0.2) is 0 Å². The molecule has 3 atom stereocenters. The molecule has 5 heteroatoms. The van der Waals surface area contributed by atoms with Crippen molar-refractivity contribution in [2.45, 2.75) is 12.8 Å². The van der Waals surface area contributed by atoms with Gasteiger partial charge < -0.3 is 19.3 Å². The molecule has 0 spiro atoms. The first-order chi connectivity index (χ1) is 10.3. The minimum Gasteiger partial charge on any atom is -0.380 e. The van der Waals surface area contributed by atoms with E-state index in [4.69, 9.17) is 9.47 Å². The Hall–Kier alpha value is -0.650. The van der Waals surface area contributed by atoms with Gasteiger partial charge in [-0.25, -0.2) is 0 Å².